The molecule has 4 N–H and O–H groups in total. The van der Waals surface area contributed by atoms with E-state index in [1.165, 1.54) is 14.2 Å². The summed E-state index contributed by atoms with van der Waals surface area (Å²) in [6.07, 6.45) is 22.8. The number of methoxy groups -OCH3 is 2. The van der Waals surface area contributed by atoms with Gasteiger partial charge in [-0.25, -0.2) is 19.6 Å². The molecule has 15 nitrogen and oxygen atoms in total. The summed E-state index contributed by atoms with van der Waals surface area (Å²) in [6.45, 7) is 1.12. The summed E-state index contributed by atoms with van der Waals surface area (Å²) in [5.41, 5.74) is 5.06. The first-order chi connectivity index (χ1) is 30.3. The van der Waals surface area contributed by atoms with Gasteiger partial charge in [-0.1, -0.05) is 72.9 Å². The summed E-state index contributed by atoms with van der Waals surface area (Å²) < 4.78 is 9.72. The molecule has 15 heteroatoms. The third-order valence-corrected chi connectivity index (χ3v) is 12.3. The Morgan fingerprint density at radius 2 is 1.23 bits per heavy atom. The summed E-state index contributed by atoms with van der Waals surface area (Å²) in [5.74, 6) is 0.494. The fraction of sp³-hybridized carbons (Fsp3) is 0.340. The van der Waals surface area contributed by atoms with Crippen molar-refractivity contribution in [3.05, 3.63) is 115 Å². The fourth-order valence-corrected chi connectivity index (χ4v) is 9.15. The van der Waals surface area contributed by atoms with Gasteiger partial charge in [-0.05, 0) is 67.5 Å². The Morgan fingerprint density at radius 1 is 0.677 bits per heavy atom. The summed E-state index contributed by atoms with van der Waals surface area (Å²) in [7, 11) is 2.59. The highest BCUT2D eigenvalue weighted by Crippen LogP contribution is 2.36. The van der Waals surface area contributed by atoms with E-state index in [0.29, 0.717) is 30.3 Å². The van der Waals surface area contributed by atoms with Crippen LogP contribution in [0.5, 0.6) is 0 Å². The number of benzene rings is 2. The van der Waals surface area contributed by atoms with Crippen molar-refractivity contribution in [3.63, 3.8) is 0 Å². The number of aromatic amines is 2. The number of hydrogen-bond acceptors (Lipinski definition) is 9. The van der Waals surface area contributed by atoms with Gasteiger partial charge in [0.2, 0.25) is 11.8 Å². The zero-order valence-electron chi connectivity index (χ0n) is 34.6. The van der Waals surface area contributed by atoms with Gasteiger partial charge in [0.25, 0.3) is 0 Å². The molecule has 0 spiro atoms. The smallest absolute Gasteiger partial charge is 0.407 e. The molecule has 2 aliphatic carbocycles. The van der Waals surface area contributed by atoms with Crippen molar-refractivity contribution in [2.24, 2.45) is 11.8 Å². The number of likely N-dealkylation sites (tertiary alicyclic amines) is 2. The number of ether oxygens (including phenoxy) is 2. The molecule has 2 fully saturated rings. The molecule has 5 heterocycles. The quantitative estimate of drug-likeness (QED) is 0.106. The highest BCUT2D eigenvalue weighted by molar-refractivity contribution is 5.92. The Morgan fingerprint density at radius 3 is 1.81 bits per heavy atom. The van der Waals surface area contributed by atoms with Crippen molar-refractivity contribution in [2.45, 2.75) is 62.7 Å². The Labute approximate surface area is 358 Å². The topological polar surface area (TPSA) is 188 Å². The van der Waals surface area contributed by atoms with E-state index in [2.05, 4.69) is 50.9 Å². The Hall–Kier alpha value is -7.03. The van der Waals surface area contributed by atoms with Crippen LogP contribution < -0.4 is 10.6 Å². The molecule has 4 aliphatic rings. The van der Waals surface area contributed by atoms with Crippen molar-refractivity contribution in [3.8, 4) is 22.5 Å². The molecule has 4 amide bonds. The molecule has 62 heavy (non-hydrogen) atoms. The van der Waals surface area contributed by atoms with Crippen LogP contribution in [0.4, 0.5) is 9.59 Å². The molecule has 0 unspecified atom stereocenters. The molecule has 3 aromatic heterocycles. The Balaban J connectivity index is 0.908. The van der Waals surface area contributed by atoms with E-state index in [0.717, 1.165) is 77.3 Å². The first-order valence-electron chi connectivity index (χ1n) is 21.2. The van der Waals surface area contributed by atoms with Crippen LogP contribution in [0.15, 0.2) is 103 Å². The average Bonchev–Trinajstić information content (AvgIpc) is 4.16. The third-order valence-electron chi connectivity index (χ3n) is 12.3. The number of nitrogens with one attached hydrogen (secondary N) is 4. The summed E-state index contributed by atoms with van der Waals surface area (Å²) in [5, 5.41) is 7.62. The van der Waals surface area contributed by atoms with Crippen LogP contribution in [0.1, 0.15) is 62.3 Å². The van der Waals surface area contributed by atoms with Gasteiger partial charge < -0.3 is 39.9 Å². The average molecular weight is 836 g/mol. The third kappa shape index (κ3) is 8.09. The van der Waals surface area contributed by atoms with Crippen LogP contribution in [0, 0.1) is 11.8 Å². The summed E-state index contributed by atoms with van der Waals surface area (Å²) >= 11 is 0. The lowest BCUT2D eigenvalue weighted by atomic mass is 9.93. The number of rotatable bonds is 10. The van der Waals surface area contributed by atoms with Crippen molar-refractivity contribution in [1.29, 1.82) is 0 Å². The largest absolute Gasteiger partial charge is 0.453 e. The molecule has 0 radical (unpaired) electrons. The predicted octanol–water partition coefficient (Wildman–Crippen LogP) is 7.21. The Bertz CT molecular complexity index is 2620. The van der Waals surface area contributed by atoms with E-state index >= 15 is 0 Å². The molecule has 2 aromatic carbocycles. The highest BCUT2D eigenvalue weighted by Gasteiger charge is 2.40. The second-order valence-corrected chi connectivity index (χ2v) is 16.1. The molecule has 0 bridgehead atoms. The molecular formula is C47H49N9O6. The van der Waals surface area contributed by atoms with Crippen LogP contribution in [0.3, 0.4) is 0 Å². The van der Waals surface area contributed by atoms with Crippen LogP contribution in [0.2, 0.25) is 0 Å². The van der Waals surface area contributed by atoms with Crippen molar-refractivity contribution in [2.75, 3.05) is 27.3 Å². The number of nitrogens with zero attached hydrogens (tertiary/aromatic N) is 5. The second-order valence-electron chi connectivity index (χ2n) is 16.1. The molecular weight excluding hydrogens is 787 g/mol. The zero-order chi connectivity index (χ0) is 42.7. The number of allylic oxidation sites excluding steroid dienone is 4. The summed E-state index contributed by atoms with van der Waals surface area (Å²) in [4.78, 5) is 77.6. The first kappa shape index (κ1) is 40.4. The van der Waals surface area contributed by atoms with Crippen LogP contribution in [0.25, 0.3) is 44.3 Å². The number of aromatic nitrogens is 5. The van der Waals surface area contributed by atoms with E-state index in [1.54, 1.807) is 6.20 Å². The molecule has 2 saturated heterocycles. The monoisotopic (exact) mass is 835 g/mol. The van der Waals surface area contributed by atoms with Gasteiger partial charge in [0.1, 0.15) is 29.2 Å². The number of fused-ring (bicyclic) bond motifs is 2. The van der Waals surface area contributed by atoms with Crippen LogP contribution in [-0.2, 0) is 19.1 Å². The lowest BCUT2D eigenvalue weighted by Crippen LogP contribution is -2.51. The maximum Gasteiger partial charge on any atom is 0.407 e. The normalized spacial score (nSPS) is 19.9. The zero-order valence-corrected chi connectivity index (χ0v) is 34.6. The second kappa shape index (κ2) is 17.5. The number of H-pyrrole nitrogens is 2. The van der Waals surface area contributed by atoms with Crippen LogP contribution >= 0.6 is 0 Å². The minimum Gasteiger partial charge on any atom is -0.453 e. The highest BCUT2D eigenvalue weighted by atomic mass is 16.5. The lowest BCUT2D eigenvalue weighted by Gasteiger charge is -2.31. The molecule has 2 aliphatic heterocycles. The van der Waals surface area contributed by atoms with Gasteiger partial charge >= 0.3 is 12.2 Å². The van der Waals surface area contributed by atoms with Crippen molar-refractivity contribution >= 4 is 45.8 Å². The minimum atomic E-state index is -0.797. The van der Waals surface area contributed by atoms with Gasteiger partial charge in [0.15, 0.2) is 0 Å². The fourth-order valence-electron chi connectivity index (χ4n) is 9.15. The van der Waals surface area contributed by atoms with Crippen LogP contribution in [-0.4, -0.2) is 98.1 Å². The van der Waals surface area contributed by atoms with E-state index in [-0.39, 0.29) is 35.7 Å². The van der Waals surface area contributed by atoms with Gasteiger partial charge in [-0.15, -0.1) is 0 Å². The molecule has 4 atom stereocenters. The number of carbonyl (C=O) groups is 4. The lowest BCUT2D eigenvalue weighted by molar-refractivity contribution is -0.135. The van der Waals surface area contributed by atoms with Gasteiger partial charge in [0, 0.05) is 36.1 Å². The Kier molecular flexibility index (Phi) is 11.4. The molecule has 0 saturated carbocycles. The maximum atomic E-state index is 14.0. The van der Waals surface area contributed by atoms with Gasteiger partial charge in [-0.2, -0.15) is 0 Å². The number of amides is 4. The number of pyridine rings is 1. The predicted molar refractivity (Wildman–Crippen MR) is 233 cm³/mol. The first-order valence-corrected chi connectivity index (χ1v) is 21.2. The molecule has 5 aromatic rings. The number of alkyl carbamates (subject to hydrolysis) is 2. The SMILES string of the molecule is COC(=O)N[C@H](C(=O)N1CCC[C@H]1c1ncc(-c2ccc3cc(-c4cc5[nH]c([C@@H]6CCCN6C(=O)[C@@H](NC(=O)OC)C6C=CCC=C6)nc5cn4)ccc3c2)[nH]1)C1C=CCC=C1. The minimum absolute atomic E-state index is 0.169. The van der Waals surface area contributed by atoms with Crippen molar-refractivity contribution in [1.82, 2.24) is 45.4 Å². The van der Waals surface area contributed by atoms with Gasteiger partial charge in [-0.3, -0.25) is 14.6 Å². The van der Waals surface area contributed by atoms with E-state index in [1.807, 2.05) is 76.7 Å². The standard InChI is InChI=1S/C47H49N9O6/c1-61-46(59)53-40(28-11-5-3-6-12-28)44(57)55-21-9-15-38(55)42-49-26-36(51-42)33-20-18-30-23-32(19-17-31(30)24-33)34-25-35-37(27-48-34)52-43(50-35)39-16-10-22-56(39)45(58)41(54-47(60)62-2)29-13-7-4-8-14-29/h5-8,11-14,17-20,23-29,38-41H,3-4,9-10,15-16,21-22H2,1-2H3,(H,49,51)(H,50,52)(H,53,59)(H,54,60)/t38-,39-,40-,41-/m0/s1. The number of carbonyl (C=O) groups excluding carboxylic acids is 4. The van der Waals surface area contributed by atoms with E-state index in [4.69, 9.17) is 24.4 Å². The molecule has 9 rings (SSSR count). The van der Waals surface area contributed by atoms with E-state index in [9.17, 15) is 19.2 Å². The molecule has 318 valence electrons. The van der Waals surface area contributed by atoms with E-state index < -0.39 is 24.3 Å². The van der Waals surface area contributed by atoms with Gasteiger partial charge in [0.05, 0.1) is 55.6 Å². The number of hydrogen-bond donors (Lipinski definition) is 4. The number of imidazole rings is 2. The maximum absolute atomic E-state index is 14.0. The summed E-state index contributed by atoms with van der Waals surface area (Å²) in [6, 6.07) is 12.4. The van der Waals surface area contributed by atoms with Crippen molar-refractivity contribution < 1.29 is 28.7 Å².